The van der Waals surface area contributed by atoms with Gasteiger partial charge in [0.25, 0.3) is 11.5 Å². The predicted octanol–water partition coefficient (Wildman–Crippen LogP) is 6.73. The monoisotopic (exact) mass is 580 g/mol. The number of halogens is 3. The van der Waals surface area contributed by atoms with Gasteiger partial charge in [-0.25, -0.2) is 23.1 Å². The largest absolute Gasteiger partial charge is 0.363 e. The minimum Gasteiger partial charge on any atom is -0.363 e. The molecule has 0 radical (unpaired) electrons. The molecule has 3 aromatic rings. The molecule has 7 nitrogen and oxygen atoms in total. The minimum absolute atomic E-state index is 0.0944. The van der Waals surface area contributed by atoms with Crippen molar-refractivity contribution in [2.75, 3.05) is 18.9 Å². The molecule has 2 aromatic heterocycles. The Morgan fingerprint density at radius 3 is 2.50 bits per heavy atom. The Morgan fingerprint density at radius 1 is 1.05 bits per heavy atom. The van der Waals surface area contributed by atoms with Crippen LogP contribution in [0.3, 0.4) is 0 Å². The van der Waals surface area contributed by atoms with Gasteiger partial charge in [0.15, 0.2) is 0 Å². The van der Waals surface area contributed by atoms with Crippen molar-refractivity contribution in [3.63, 3.8) is 0 Å². The van der Waals surface area contributed by atoms with Crippen molar-refractivity contribution >= 4 is 16.9 Å². The van der Waals surface area contributed by atoms with Crippen molar-refractivity contribution in [3.8, 4) is 6.07 Å². The number of anilines is 1. The van der Waals surface area contributed by atoms with Crippen molar-refractivity contribution in [2.45, 2.75) is 102 Å². The summed E-state index contributed by atoms with van der Waals surface area (Å²) >= 11 is 0. The van der Waals surface area contributed by atoms with Gasteiger partial charge in [-0.1, -0.05) is 37.5 Å². The number of fused-ring (bicyclic) bond motifs is 2. The summed E-state index contributed by atoms with van der Waals surface area (Å²) in [5.74, 6) is -3.49. The first-order chi connectivity index (χ1) is 20.0. The maximum Gasteiger partial charge on any atom is 0.277 e. The third-order valence-electron chi connectivity index (χ3n) is 9.06. The molecule has 1 fully saturated rings. The number of hydrogen-bond donors (Lipinski definition) is 1. The highest BCUT2D eigenvalue weighted by molar-refractivity contribution is 5.88. The molecule has 6 bridgehead atoms. The molecular weight excluding hydrogens is 541 g/mol. The van der Waals surface area contributed by atoms with Crippen LogP contribution in [0.1, 0.15) is 93.8 Å². The number of hydrogen-bond acceptors (Lipinski definition) is 6. The Hall–Kier alpha value is -3.45. The molecule has 1 N–H and O–H groups in total. The number of nitrogens with one attached hydrogen (secondary N) is 1. The Kier molecular flexibility index (Phi) is 8.35. The second-order valence-corrected chi connectivity index (χ2v) is 12.1. The van der Waals surface area contributed by atoms with E-state index in [4.69, 9.17) is 0 Å². The summed E-state index contributed by atoms with van der Waals surface area (Å²) in [6.07, 6.45) is 5.12. The highest BCUT2D eigenvalue weighted by Crippen LogP contribution is 2.47. The van der Waals surface area contributed by atoms with Crippen molar-refractivity contribution in [1.29, 1.82) is 5.26 Å². The fourth-order valence-electron chi connectivity index (χ4n) is 5.98. The highest BCUT2D eigenvalue weighted by atomic mass is 19.3. The Morgan fingerprint density at radius 2 is 1.79 bits per heavy atom. The number of aromatic nitrogens is 3. The zero-order valence-corrected chi connectivity index (χ0v) is 24.8. The number of benzene rings is 1. The van der Waals surface area contributed by atoms with Gasteiger partial charge in [-0.15, -0.1) is 0 Å². The average Bonchev–Trinajstić information content (AvgIpc) is 3.75. The second-order valence-electron chi connectivity index (χ2n) is 12.1. The molecule has 1 aliphatic heterocycles. The van der Waals surface area contributed by atoms with Crippen molar-refractivity contribution in [2.24, 2.45) is 0 Å². The maximum absolute atomic E-state index is 15.8. The molecule has 3 heterocycles. The van der Waals surface area contributed by atoms with Gasteiger partial charge in [0.2, 0.25) is 0 Å². The maximum atomic E-state index is 15.8. The van der Waals surface area contributed by atoms with Gasteiger partial charge in [0.1, 0.15) is 23.1 Å². The number of aryl methyl sites for hydroxylation is 2. The van der Waals surface area contributed by atoms with Crippen LogP contribution in [0.2, 0.25) is 0 Å². The smallest absolute Gasteiger partial charge is 0.277 e. The fourth-order valence-corrected chi connectivity index (χ4v) is 5.98. The molecule has 42 heavy (non-hydrogen) atoms. The number of nitriles is 1. The summed E-state index contributed by atoms with van der Waals surface area (Å²) < 4.78 is 48.2. The molecule has 0 spiro atoms. The molecule has 1 unspecified atom stereocenters. The Labute approximate surface area is 244 Å². The van der Waals surface area contributed by atoms with Crippen molar-refractivity contribution < 1.29 is 13.2 Å². The number of alkyl halides is 2. The van der Waals surface area contributed by atoms with Gasteiger partial charge in [-0.3, -0.25) is 9.36 Å². The third kappa shape index (κ3) is 5.76. The van der Waals surface area contributed by atoms with Crippen LogP contribution in [-0.2, 0) is 17.9 Å². The molecule has 2 atom stereocenters. The molecule has 224 valence electrons. The first kappa shape index (κ1) is 30.0. The van der Waals surface area contributed by atoms with E-state index in [2.05, 4.69) is 21.4 Å². The van der Waals surface area contributed by atoms with E-state index in [1.165, 1.54) is 12.1 Å². The molecule has 2 aliphatic rings. The van der Waals surface area contributed by atoms with Crippen LogP contribution in [0.25, 0.3) is 11.0 Å². The summed E-state index contributed by atoms with van der Waals surface area (Å²) in [6, 6.07) is 7.54. The quantitative estimate of drug-likeness (QED) is 0.343. The van der Waals surface area contributed by atoms with Crippen molar-refractivity contribution in [3.05, 3.63) is 63.0 Å². The minimum atomic E-state index is -3.34. The SMILES string of the molecule is Cc1nc2c3cc(C4(C#N)CC4)c(=O)n(c3n1)CCCCCCC(C)N(C)CCC(F)(F)c1cccc(c1F)[C@@H](C)N2. The van der Waals surface area contributed by atoms with Gasteiger partial charge in [0.05, 0.1) is 28.5 Å². The molecule has 5 rings (SSSR count). The van der Waals surface area contributed by atoms with Crippen LogP contribution in [0.5, 0.6) is 0 Å². The van der Waals surface area contributed by atoms with Gasteiger partial charge in [-0.2, -0.15) is 5.26 Å². The molecule has 0 saturated heterocycles. The van der Waals surface area contributed by atoms with E-state index in [0.29, 0.717) is 47.6 Å². The number of nitrogens with zero attached hydrogens (tertiary/aromatic N) is 5. The van der Waals surface area contributed by atoms with Crippen LogP contribution < -0.4 is 10.9 Å². The van der Waals surface area contributed by atoms with Crippen LogP contribution >= 0.6 is 0 Å². The first-order valence-electron chi connectivity index (χ1n) is 14.9. The number of rotatable bonds is 1. The van der Waals surface area contributed by atoms with Gasteiger partial charge in [0, 0.05) is 36.7 Å². The number of pyridine rings is 1. The summed E-state index contributed by atoms with van der Waals surface area (Å²) in [7, 11) is 1.83. The zero-order valence-electron chi connectivity index (χ0n) is 24.8. The summed E-state index contributed by atoms with van der Waals surface area (Å²) in [6.45, 7) is 6.04. The van der Waals surface area contributed by atoms with Gasteiger partial charge < -0.3 is 10.2 Å². The normalized spacial score (nSPS) is 23.2. The third-order valence-corrected chi connectivity index (χ3v) is 9.06. The van der Waals surface area contributed by atoms with Crippen molar-refractivity contribution in [1.82, 2.24) is 19.4 Å². The Balaban J connectivity index is 1.63. The summed E-state index contributed by atoms with van der Waals surface area (Å²) in [5, 5.41) is 13.7. The van der Waals surface area contributed by atoms with E-state index in [0.717, 1.165) is 38.2 Å². The molecule has 1 saturated carbocycles. The Bertz CT molecular complexity index is 1580. The van der Waals surface area contributed by atoms with Crippen LogP contribution in [0, 0.1) is 24.1 Å². The predicted molar refractivity (Wildman–Crippen MR) is 157 cm³/mol. The lowest BCUT2D eigenvalue weighted by molar-refractivity contribution is -0.0259. The van der Waals surface area contributed by atoms with E-state index >= 15 is 13.2 Å². The average molecular weight is 581 g/mol. The standard InChI is InChI=1S/C32H39F3N6O/c1-20-10-7-5-6-8-16-41-29-24(18-26(30(41)42)31(19-36)13-14-31)28(38-22(3)39-29)37-21(2)23-11-9-12-25(27(23)33)32(34,35)15-17-40(20)4/h9,11-12,18,20-21H,5-8,10,13-17H2,1-4H3,(H,37,38,39)/t20?,21-/m1/s1. The first-order valence-corrected chi connectivity index (χ1v) is 14.9. The van der Waals surface area contributed by atoms with Gasteiger partial charge in [-0.05, 0) is 59.6 Å². The topological polar surface area (TPSA) is 86.8 Å². The summed E-state index contributed by atoms with van der Waals surface area (Å²) in [4.78, 5) is 24.9. The molecule has 1 aromatic carbocycles. The van der Waals surface area contributed by atoms with Crippen LogP contribution in [-0.4, -0.2) is 39.1 Å². The fraction of sp³-hybridized carbons (Fsp3) is 0.562. The van der Waals surface area contributed by atoms with Crippen LogP contribution in [0.15, 0.2) is 29.1 Å². The highest BCUT2D eigenvalue weighted by Gasteiger charge is 2.47. The summed E-state index contributed by atoms with van der Waals surface area (Å²) in [5.41, 5.74) is -0.692. The molecule has 10 heteroatoms. The van der Waals surface area contributed by atoms with E-state index in [1.807, 2.05) is 18.9 Å². The lowest BCUT2D eigenvalue weighted by atomic mass is 9.97. The van der Waals surface area contributed by atoms with E-state index < -0.39 is 35.2 Å². The van der Waals surface area contributed by atoms with Crippen LogP contribution in [0.4, 0.5) is 19.0 Å². The lowest BCUT2D eigenvalue weighted by Gasteiger charge is -2.28. The van der Waals surface area contributed by atoms with E-state index in [1.54, 1.807) is 24.5 Å². The molecule has 0 amide bonds. The molecule has 1 aliphatic carbocycles. The lowest BCUT2D eigenvalue weighted by Crippen LogP contribution is -2.33. The van der Waals surface area contributed by atoms with Gasteiger partial charge >= 0.3 is 0 Å². The molecular formula is C32H39F3N6O. The zero-order chi connectivity index (χ0) is 30.2. The van der Waals surface area contributed by atoms with E-state index in [9.17, 15) is 10.1 Å². The van der Waals surface area contributed by atoms with E-state index in [-0.39, 0.29) is 23.7 Å². The second kappa shape index (κ2) is 11.7.